The van der Waals surface area contributed by atoms with E-state index in [1.165, 1.54) is 11.8 Å². The fraction of sp³-hybridized carbons (Fsp3) is 0.353. The van der Waals surface area contributed by atoms with Crippen LogP contribution in [0.4, 0.5) is 11.5 Å². The fourth-order valence-electron chi connectivity index (χ4n) is 1.99. The molecule has 0 aliphatic rings. The normalized spacial score (nSPS) is 10.3. The van der Waals surface area contributed by atoms with Crippen molar-refractivity contribution in [3.05, 3.63) is 47.4 Å². The molecule has 0 radical (unpaired) electrons. The van der Waals surface area contributed by atoms with Crippen LogP contribution in [0.25, 0.3) is 0 Å². The molecule has 116 valence electrons. The summed E-state index contributed by atoms with van der Waals surface area (Å²) in [4.78, 5) is 20.3. The Balaban J connectivity index is 2.02. The Kier molecular flexibility index (Phi) is 5.47. The maximum atomic E-state index is 11.9. The van der Waals surface area contributed by atoms with Gasteiger partial charge in [0.25, 0.3) is 5.91 Å². The van der Waals surface area contributed by atoms with E-state index in [1.54, 1.807) is 6.20 Å². The number of carbonyl (C=O) groups is 1. The molecule has 22 heavy (non-hydrogen) atoms. The van der Waals surface area contributed by atoms with Crippen LogP contribution in [-0.2, 0) is 0 Å². The predicted molar refractivity (Wildman–Crippen MR) is 88.5 cm³/mol. The third kappa shape index (κ3) is 4.28. The average Bonchev–Trinajstić information content (AvgIpc) is 2.52. The smallest absolute Gasteiger partial charge is 0.271 e. The Morgan fingerprint density at radius 1 is 1.18 bits per heavy atom. The number of unbranched alkanes of at least 4 members (excludes halogenated alkanes) is 1. The average molecular weight is 298 g/mol. The lowest BCUT2D eigenvalue weighted by Gasteiger charge is -2.10. The van der Waals surface area contributed by atoms with E-state index in [9.17, 15) is 4.79 Å². The molecule has 0 saturated heterocycles. The van der Waals surface area contributed by atoms with Crippen molar-refractivity contribution < 1.29 is 4.79 Å². The predicted octanol–water partition coefficient (Wildman–Crippen LogP) is 3.37. The first-order valence-electron chi connectivity index (χ1n) is 7.54. The summed E-state index contributed by atoms with van der Waals surface area (Å²) in [5.41, 5.74) is 3.64. The molecule has 5 nitrogen and oxygen atoms in total. The van der Waals surface area contributed by atoms with E-state index in [-0.39, 0.29) is 5.91 Å². The molecular formula is C17H22N4O. The second-order valence-corrected chi connectivity index (χ2v) is 5.34. The molecule has 0 atom stereocenters. The van der Waals surface area contributed by atoms with Gasteiger partial charge >= 0.3 is 0 Å². The highest BCUT2D eigenvalue weighted by atomic mass is 16.1. The Morgan fingerprint density at radius 2 is 2.00 bits per heavy atom. The van der Waals surface area contributed by atoms with Gasteiger partial charge in [-0.3, -0.25) is 4.79 Å². The van der Waals surface area contributed by atoms with Gasteiger partial charge in [-0.2, -0.15) is 0 Å². The first-order valence-corrected chi connectivity index (χ1v) is 7.54. The van der Waals surface area contributed by atoms with Crippen molar-refractivity contribution >= 4 is 17.4 Å². The first-order chi connectivity index (χ1) is 10.6. The van der Waals surface area contributed by atoms with Gasteiger partial charge in [0, 0.05) is 12.2 Å². The highest BCUT2D eigenvalue weighted by molar-refractivity contribution is 5.92. The molecule has 0 aliphatic carbocycles. The van der Waals surface area contributed by atoms with Crippen LogP contribution >= 0.6 is 0 Å². The number of amides is 1. The van der Waals surface area contributed by atoms with Gasteiger partial charge in [0.2, 0.25) is 0 Å². The molecule has 1 aromatic carbocycles. The number of benzene rings is 1. The molecule has 1 heterocycles. The van der Waals surface area contributed by atoms with Crippen LogP contribution in [0.15, 0.2) is 30.6 Å². The molecular weight excluding hydrogens is 276 g/mol. The molecule has 0 bridgehead atoms. The number of anilines is 2. The van der Waals surface area contributed by atoms with Gasteiger partial charge in [-0.15, -0.1) is 0 Å². The molecule has 5 heteroatoms. The molecule has 2 aromatic rings. The summed E-state index contributed by atoms with van der Waals surface area (Å²) >= 11 is 0. The second kappa shape index (κ2) is 7.54. The summed E-state index contributed by atoms with van der Waals surface area (Å²) in [5.74, 6) is 0.443. The minimum absolute atomic E-state index is 0.181. The lowest BCUT2D eigenvalue weighted by atomic mass is 10.1. The third-order valence-corrected chi connectivity index (χ3v) is 3.36. The van der Waals surface area contributed by atoms with Crippen LogP contribution < -0.4 is 10.6 Å². The molecule has 2 rings (SSSR count). The zero-order chi connectivity index (χ0) is 15.9. The summed E-state index contributed by atoms with van der Waals surface area (Å²) in [6.07, 6.45) is 5.08. The standard InChI is InChI=1S/C17H22N4O/c1-4-5-8-18-17(22)15-10-20-16(11-19-15)21-14-9-12(2)6-7-13(14)3/h6-7,9-11H,4-5,8H2,1-3H3,(H,18,22)(H,20,21). The highest BCUT2D eigenvalue weighted by Gasteiger charge is 2.07. The summed E-state index contributed by atoms with van der Waals surface area (Å²) in [6, 6.07) is 6.18. The SMILES string of the molecule is CCCCNC(=O)c1cnc(Nc2cc(C)ccc2C)cn1. The Bertz CT molecular complexity index is 638. The van der Waals surface area contributed by atoms with Crippen LogP contribution in [-0.4, -0.2) is 22.4 Å². The molecule has 1 amide bonds. The van der Waals surface area contributed by atoms with E-state index in [2.05, 4.69) is 45.7 Å². The molecule has 0 spiro atoms. The number of aryl methyl sites for hydroxylation is 2. The lowest BCUT2D eigenvalue weighted by molar-refractivity contribution is 0.0948. The van der Waals surface area contributed by atoms with Crippen molar-refractivity contribution in [2.75, 3.05) is 11.9 Å². The number of hydrogen-bond acceptors (Lipinski definition) is 4. The molecule has 0 aliphatic heterocycles. The van der Waals surface area contributed by atoms with Crippen molar-refractivity contribution in [3.63, 3.8) is 0 Å². The van der Waals surface area contributed by atoms with Gasteiger partial charge in [-0.25, -0.2) is 9.97 Å². The van der Waals surface area contributed by atoms with Crippen molar-refractivity contribution in [1.29, 1.82) is 0 Å². The molecule has 1 aromatic heterocycles. The molecule has 0 fully saturated rings. The molecule has 0 unspecified atom stereocenters. The Morgan fingerprint density at radius 3 is 2.68 bits per heavy atom. The van der Waals surface area contributed by atoms with Gasteiger partial charge in [0.1, 0.15) is 11.5 Å². The number of hydrogen-bond donors (Lipinski definition) is 2. The summed E-state index contributed by atoms with van der Waals surface area (Å²) in [7, 11) is 0. The van der Waals surface area contributed by atoms with Crippen molar-refractivity contribution in [1.82, 2.24) is 15.3 Å². The van der Waals surface area contributed by atoms with Crippen molar-refractivity contribution in [2.24, 2.45) is 0 Å². The minimum atomic E-state index is -0.181. The third-order valence-electron chi connectivity index (χ3n) is 3.36. The lowest BCUT2D eigenvalue weighted by Crippen LogP contribution is -2.25. The quantitative estimate of drug-likeness (QED) is 0.802. The van der Waals surface area contributed by atoms with Crippen LogP contribution in [0, 0.1) is 13.8 Å². The van der Waals surface area contributed by atoms with Gasteiger partial charge in [0.05, 0.1) is 12.4 Å². The molecule has 0 saturated carbocycles. The monoisotopic (exact) mass is 298 g/mol. The second-order valence-electron chi connectivity index (χ2n) is 5.34. The van der Waals surface area contributed by atoms with E-state index in [0.717, 1.165) is 24.1 Å². The van der Waals surface area contributed by atoms with Gasteiger partial charge in [0.15, 0.2) is 0 Å². The first kappa shape index (κ1) is 15.9. The summed E-state index contributed by atoms with van der Waals surface area (Å²) in [5, 5.41) is 6.05. The number of nitrogens with zero attached hydrogens (tertiary/aromatic N) is 2. The van der Waals surface area contributed by atoms with E-state index >= 15 is 0 Å². The summed E-state index contributed by atoms with van der Waals surface area (Å²) < 4.78 is 0. The zero-order valence-corrected chi connectivity index (χ0v) is 13.3. The van der Waals surface area contributed by atoms with Crippen LogP contribution in [0.2, 0.25) is 0 Å². The molecule has 2 N–H and O–H groups in total. The summed E-state index contributed by atoms with van der Waals surface area (Å²) in [6.45, 7) is 6.82. The zero-order valence-electron chi connectivity index (χ0n) is 13.3. The van der Waals surface area contributed by atoms with Crippen molar-refractivity contribution in [3.8, 4) is 0 Å². The van der Waals surface area contributed by atoms with E-state index in [0.29, 0.717) is 18.1 Å². The van der Waals surface area contributed by atoms with Gasteiger partial charge in [-0.05, 0) is 37.5 Å². The largest absolute Gasteiger partial charge is 0.351 e. The van der Waals surface area contributed by atoms with Crippen LogP contribution in [0.1, 0.15) is 41.4 Å². The van der Waals surface area contributed by atoms with E-state index in [1.807, 2.05) is 13.8 Å². The maximum absolute atomic E-state index is 11.9. The van der Waals surface area contributed by atoms with E-state index in [4.69, 9.17) is 0 Å². The Hall–Kier alpha value is -2.43. The number of aromatic nitrogens is 2. The van der Waals surface area contributed by atoms with Crippen LogP contribution in [0.3, 0.4) is 0 Å². The fourth-order valence-corrected chi connectivity index (χ4v) is 1.99. The van der Waals surface area contributed by atoms with Gasteiger partial charge < -0.3 is 10.6 Å². The minimum Gasteiger partial charge on any atom is -0.351 e. The number of rotatable bonds is 6. The van der Waals surface area contributed by atoms with E-state index < -0.39 is 0 Å². The highest BCUT2D eigenvalue weighted by Crippen LogP contribution is 2.20. The number of carbonyl (C=O) groups excluding carboxylic acids is 1. The maximum Gasteiger partial charge on any atom is 0.271 e. The number of nitrogens with one attached hydrogen (secondary N) is 2. The topological polar surface area (TPSA) is 66.9 Å². The van der Waals surface area contributed by atoms with Gasteiger partial charge in [-0.1, -0.05) is 25.5 Å². The Labute approximate surface area is 131 Å². The van der Waals surface area contributed by atoms with Crippen molar-refractivity contribution in [2.45, 2.75) is 33.6 Å². The van der Waals surface area contributed by atoms with Crippen LogP contribution in [0.5, 0.6) is 0 Å².